The van der Waals surface area contributed by atoms with Crippen LogP contribution in [0.1, 0.15) is 20.7 Å². The lowest BCUT2D eigenvalue weighted by Gasteiger charge is -2.09. The van der Waals surface area contributed by atoms with Gasteiger partial charge in [0.2, 0.25) is 0 Å². The number of carbonyl (C=O) groups excluding carboxylic acids is 3. The lowest BCUT2D eigenvalue weighted by molar-refractivity contribution is -0.383. The smallest absolute Gasteiger partial charge is 0.338 e. The van der Waals surface area contributed by atoms with E-state index in [0.717, 1.165) is 6.07 Å². The highest BCUT2D eigenvalue weighted by atomic mass is 16.6. The quantitative estimate of drug-likeness (QED) is 0.300. The standard InChI is InChI=1S/C16H14N4O6/c17-11-6-5-9(7-13(11)20(24)25)16(23)26-8-14(21)19-12-4-2-1-3-10(12)15(18)22/h1-7H,8,17H2,(H2,18,22)(H,19,21). The minimum absolute atomic E-state index is 0.0985. The van der Waals surface area contributed by atoms with Crippen LogP contribution in [-0.4, -0.2) is 29.3 Å². The van der Waals surface area contributed by atoms with E-state index in [1.54, 1.807) is 12.1 Å². The molecular formula is C16H14N4O6. The molecule has 0 aliphatic rings. The number of esters is 1. The molecule has 2 aromatic carbocycles. The Morgan fingerprint density at radius 2 is 1.85 bits per heavy atom. The number of nitro benzene ring substituents is 1. The zero-order valence-corrected chi connectivity index (χ0v) is 13.3. The van der Waals surface area contributed by atoms with Gasteiger partial charge in [0.05, 0.1) is 21.7 Å². The number of nitrogens with one attached hydrogen (secondary N) is 1. The number of nitro groups is 1. The maximum Gasteiger partial charge on any atom is 0.338 e. The van der Waals surface area contributed by atoms with E-state index in [1.165, 1.54) is 24.3 Å². The molecule has 2 aromatic rings. The number of primary amides is 1. The molecule has 0 unspecified atom stereocenters. The molecule has 0 fully saturated rings. The molecule has 5 N–H and O–H groups in total. The molecule has 0 aliphatic heterocycles. The predicted octanol–water partition coefficient (Wildman–Crippen LogP) is 1.07. The van der Waals surface area contributed by atoms with Crippen molar-refractivity contribution in [2.45, 2.75) is 0 Å². The Morgan fingerprint density at radius 1 is 1.15 bits per heavy atom. The molecule has 134 valence electrons. The lowest BCUT2D eigenvalue weighted by atomic mass is 10.1. The fourth-order valence-corrected chi connectivity index (χ4v) is 2.04. The van der Waals surface area contributed by atoms with E-state index in [-0.39, 0.29) is 22.5 Å². The van der Waals surface area contributed by atoms with E-state index in [4.69, 9.17) is 16.2 Å². The molecule has 0 saturated heterocycles. The van der Waals surface area contributed by atoms with Gasteiger partial charge in [-0.25, -0.2) is 4.79 Å². The van der Waals surface area contributed by atoms with E-state index in [9.17, 15) is 24.5 Å². The molecule has 10 nitrogen and oxygen atoms in total. The van der Waals surface area contributed by atoms with E-state index >= 15 is 0 Å². The number of benzene rings is 2. The van der Waals surface area contributed by atoms with Gasteiger partial charge in [0.1, 0.15) is 5.69 Å². The van der Waals surface area contributed by atoms with Crippen molar-refractivity contribution in [2.75, 3.05) is 17.7 Å². The van der Waals surface area contributed by atoms with Crippen molar-refractivity contribution in [3.05, 3.63) is 63.7 Å². The van der Waals surface area contributed by atoms with Crippen LogP contribution in [0, 0.1) is 10.1 Å². The normalized spacial score (nSPS) is 10.0. The topological polar surface area (TPSA) is 168 Å². The number of ether oxygens (including phenoxy) is 1. The third-order valence-electron chi connectivity index (χ3n) is 3.26. The monoisotopic (exact) mass is 358 g/mol. The van der Waals surface area contributed by atoms with E-state index in [2.05, 4.69) is 5.32 Å². The maximum absolute atomic E-state index is 11.9. The van der Waals surface area contributed by atoms with Gasteiger partial charge in [-0.1, -0.05) is 12.1 Å². The zero-order valence-electron chi connectivity index (χ0n) is 13.3. The highest BCUT2D eigenvalue weighted by Gasteiger charge is 2.18. The first kappa shape index (κ1) is 18.4. The van der Waals surface area contributed by atoms with E-state index < -0.39 is 35.0 Å². The van der Waals surface area contributed by atoms with Crippen LogP contribution >= 0.6 is 0 Å². The fourth-order valence-electron chi connectivity index (χ4n) is 2.04. The first-order chi connectivity index (χ1) is 12.3. The van der Waals surface area contributed by atoms with Gasteiger partial charge in [-0.2, -0.15) is 0 Å². The summed E-state index contributed by atoms with van der Waals surface area (Å²) in [5, 5.41) is 13.2. The van der Waals surface area contributed by atoms with Crippen LogP contribution in [0.5, 0.6) is 0 Å². The SMILES string of the molecule is NC(=O)c1ccccc1NC(=O)COC(=O)c1ccc(N)c([N+](=O)[O-])c1. The number of nitrogen functional groups attached to an aromatic ring is 1. The summed E-state index contributed by atoms with van der Waals surface area (Å²) in [7, 11) is 0. The second-order valence-electron chi connectivity index (χ2n) is 5.06. The van der Waals surface area contributed by atoms with Gasteiger partial charge in [0.15, 0.2) is 6.61 Å². The second-order valence-corrected chi connectivity index (χ2v) is 5.06. The Bertz CT molecular complexity index is 896. The molecule has 0 heterocycles. The van der Waals surface area contributed by atoms with Crippen molar-refractivity contribution < 1.29 is 24.0 Å². The number of hydrogen-bond donors (Lipinski definition) is 3. The molecular weight excluding hydrogens is 344 g/mol. The number of carbonyl (C=O) groups is 3. The summed E-state index contributed by atoms with van der Waals surface area (Å²) in [5.74, 6) is -2.38. The van der Waals surface area contributed by atoms with Crippen LogP contribution in [0.15, 0.2) is 42.5 Å². The molecule has 2 rings (SSSR count). The van der Waals surface area contributed by atoms with Crippen LogP contribution in [0.3, 0.4) is 0 Å². The number of hydrogen-bond acceptors (Lipinski definition) is 7. The number of anilines is 2. The van der Waals surface area contributed by atoms with Crippen molar-refractivity contribution in [2.24, 2.45) is 5.73 Å². The van der Waals surface area contributed by atoms with Crippen molar-refractivity contribution >= 4 is 34.8 Å². The largest absolute Gasteiger partial charge is 0.452 e. The maximum atomic E-state index is 11.9. The summed E-state index contributed by atoms with van der Waals surface area (Å²) in [6.07, 6.45) is 0. The average Bonchev–Trinajstić information content (AvgIpc) is 2.60. The van der Waals surface area contributed by atoms with Gasteiger partial charge in [-0.05, 0) is 24.3 Å². The van der Waals surface area contributed by atoms with Crippen molar-refractivity contribution in [3.63, 3.8) is 0 Å². The van der Waals surface area contributed by atoms with Crippen molar-refractivity contribution in [3.8, 4) is 0 Å². The molecule has 26 heavy (non-hydrogen) atoms. The van der Waals surface area contributed by atoms with E-state index in [1.807, 2.05) is 0 Å². The Balaban J connectivity index is 2.02. The number of rotatable bonds is 6. The summed E-state index contributed by atoms with van der Waals surface area (Å²) >= 11 is 0. The van der Waals surface area contributed by atoms with Crippen LogP contribution in [-0.2, 0) is 9.53 Å². The zero-order chi connectivity index (χ0) is 19.3. The molecule has 0 radical (unpaired) electrons. The molecule has 0 aliphatic carbocycles. The second kappa shape index (κ2) is 7.75. The molecule has 10 heteroatoms. The van der Waals surface area contributed by atoms with Crippen LogP contribution in [0.25, 0.3) is 0 Å². The predicted molar refractivity (Wildman–Crippen MR) is 91.4 cm³/mol. The highest BCUT2D eigenvalue weighted by Crippen LogP contribution is 2.22. The number of nitrogens with zero attached hydrogens (tertiary/aromatic N) is 1. The molecule has 0 atom stereocenters. The summed E-state index contributed by atoms with van der Waals surface area (Å²) in [5.41, 5.74) is 10.2. The first-order valence-corrected chi connectivity index (χ1v) is 7.19. The summed E-state index contributed by atoms with van der Waals surface area (Å²) in [6, 6.07) is 9.44. The summed E-state index contributed by atoms with van der Waals surface area (Å²) in [6.45, 7) is -0.663. The lowest BCUT2D eigenvalue weighted by Crippen LogP contribution is -2.23. The third-order valence-corrected chi connectivity index (χ3v) is 3.26. The molecule has 0 spiro atoms. The van der Waals surface area contributed by atoms with Gasteiger partial charge in [0, 0.05) is 6.07 Å². The Labute approximate surface area is 146 Å². The molecule has 0 bridgehead atoms. The Hall–Kier alpha value is -3.95. The van der Waals surface area contributed by atoms with Crippen LogP contribution in [0.4, 0.5) is 17.1 Å². The van der Waals surface area contributed by atoms with Gasteiger partial charge < -0.3 is 21.5 Å². The minimum Gasteiger partial charge on any atom is -0.452 e. The molecule has 0 saturated carbocycles. The molecule has 0 aromatic heterocycles. The van der Waals surface area contributed by atoms with Gasteiger partial charge in [-0.3, -0.25) is 19.7 Å². The summed E-state index contributed by atoms with van der Waals surface area (Å²) in [4.78, 5) is 45.2. The van der Waals surface area contributed by atoms with Gasteiger partial charge in [-0.15, -0.1) is 0 Å². The van der Waals surface area contributed by atoms with Crippen LogP contribution < -0.4 is 16.8 Å². The first-order valence-electron chi connectivity index (χ1n) is 7.19. The van der Waals surface area contributed by atoms with Crippen molar-refractivity contribution in [1.82, 2.24) is 0 Å². The number of amides is 2. The van der Waals surface area contributed by atoms with Gasteiger partial charge in [0.25, 0.3) is 17.5 Å². The van der Waals surface area contributed by atoms with E-state index in [0.29, 0.717) is 0 Å². The van der Waals surface area contributed by atoms with Crippen molar-refractivity contribution in [1.29, 1.82) is 0 Å². The molecule has 2 amide bonds. The highest BCUT2D eigenvalue weighted by molar-refractivity contribution is 6.03. The van der Waals surface area contributed by atoms with Gasteiger partial charge >= 0.3 is 5.97 Å². The van der Waals surface area contributed by atoms with Crippen LogP contribution in [0.2, 0.25) is 0 Å². The fraction of sp³-hybridized carbons (Fsp3) is 0.0625. The Kier molecular flexibility index (Phi) is 5.48. The number of nitrogens with two attached hydrogens (primary N) is 2. The minimum atomic E-state index is -0.938. The summed E-state index contributed by atoms with van der Waals surface area (Å²) < 4.78 is 4.81. The average molecular weight is 358 g/mol. The Morgan fingerprint density at radius 3 is 2.50 bits per heavy atom. The third kappa shape index (κ3) is 4.32. The number of para-hydroxylation sites is 1.